The van der Waals surface area contributed by atoms with E-state index in [0.29, 0.717) is 0 Å². The molecular weight excluding hydrogens is 232 g/mol. The second-order valence-electron chi connectivity index (χ2n) is 6.40. The summed E-state index contributed by atoms with van der Waals surface area (Å²) in [6.45, 7) is 18.2. The molecule has 0 saturated heterocycles. The fourth-order valence-electron chi connectivity index (χ4n) is 2.29. The van der Waals surface area contributed by atoms with Crippen LogP contribution in [0.5, 0.6) is 0 Å². The van der Waals surface area contributed by atoms with Crippen molar-refractivity contribution in [3.63, 3.8) is 0 Å². The molecule has 1 heteroatoms. The Balaban J connectivity index is 4.46. The lowest BCUT2D eigenvalue weighted by molar-refractivity contribution is 0.0638. The van der Waals surface area contributed by atoms with Gasteiger partial charge < -0.3 is 5.11 Å². The lowest BCUT2D eigenvalue weighted by Crippen LogP contribution is -2.32. The van der Waals surface area contributed by atoms with Crippen LogP contribution in [0.2, 0.25) is 0 Å². The Morgan fingerprint density at radius 1 is 1.32 bits per heavy atom. The maximum Gasteiger partial charge on any atom is 0.0864 e. The lowest BCUT2D eigenvalue weighted by atomic mass is 9.81. The molecule has 110 valence electrons. The molecule has 0 radical (unpaired) electrons. The molecule has 0 aliphatic carbocycles. The fraction of sp³-hybridized carbons (Fsp3) is 0.667. The van der Waals surface area contributed by atoms with Crippen LogP contribution in [0.25, 0.3) is 0 Å². The predicted octanol–water partition coefficient (Wildman–Crippen LogP) is 5.28. The summed E-state index contributed by atoms with van der Waals surface area (Å²) in [7, 11) is 0. The third-order valence-electron chi connectivity index (χ3n) is 3.77. The summed E-state index contributed by atoms with van der Waals surface area (Å²) in [6, 6.07) is 0. The molecule has 0 amide bonds. The first-order valence-corrected chi connectivity index (χ1v) is 7.37. The van der Waals surface area contributed by atoms with Gasteiger partial charge in [0.1, 0.15) is 0 Å². The van der Waals surface area contributed by atoms with Gasteiger partial charge in [-0.1, -0.05) is 50.1 Å². The number of allylic oxidation sites excluding steroid dienone is 2. The quantitative estimate of drug-likeness (QED) is 0.562. The molecule has 0 spiro atoms. The van der Waals surface area contributed by atoms with E-state index in [1.54, 1.807) is 13.0 Å². The van der Waals surface area contributed by atoms with E-state index in [4.69, 9.17) is 0 Å². The van der Waals surface area contributed by atoms with Gasteiger partial charge in [-0.15, -0.1) is 6.58 Å². The van der Waals surface area contributed by atoms with E-state index in [1.165, 1.54) is 18.4 Å². The summed E-state index contributed by atoms with van der Waals surface area (Å²) in [5.74, 6) is 0.822. The molecule has 0 aromatic rings. The minimum absolute atomic E-state index is 0.0463. The first kappa shape index (κ1) is 18.2. The van der Waals surface area contributed by atoms with E-state index >= 15 is 0 Å². The van der Waals surface area contributed by atoms with Crippen molar-refractivity contribution in [2.24, 2.45) is 11.8 Å². The predicted molar refractivity (Wildman–Crippen MR) is 86.2 cm³/mol. The molecule has 0 aliphatic rings. The van der Waals surface area contributed by atoms with Gasteiger partial charge in [0.15, 0.2) is 0 Å². The Labute approximate surface area is 120 Å². The number of hydrogen-bond donors (Lipinski definition) is 1. The number of aliphatic hydroxyl groups is 1. The van der Waals surface area contributed by atoms with Crippen LogP contribution in [0.3, 0.4) is 0 Å². The number of rotatable bonds is 9. The first-order chi connectivity index (χ1) is 8.70. The largest absolute Gasteiger partial charge is 0.385 e. The van der Waals surface area contributed by atoms with E-state index in [-0.39, 0.29) is 5.92 Å². The summed E-state index contributed by atoms with van der Waals surface area (Å²) in [5.41, 5.74) is 1.54. The third kappa shape index (κ3) is 7.37. The Morgan fingerprint density at radius 3 is 2.32 bits per heavy atom. The molecule has 19 heavy (non-hydrogen) atoms. The van der Waals surface area contributed by atoms with Crippen molar-refractivity contribution in [3.8, 4) is 0 Å². The van der Waals surface area contributed by atoms with Gasteiger partial charge in [-0.2, -0.15) is 0 Å². The first-order valence-electron chi connectivity index (χ1n) is 7.37. The molecule has 1 N–H and O–H groups in total. The standard InChI is InChI=1S/C18H32O/c1-8-18(7,19)17(15(4)5)13-12-16(6)11-9-10-14(2)3/h8,12,14,17,19H,1,4,9-11,13H2,2-3,5-7H3. The normalized spacial score (nSPS) is 17.1. The van der Waals surface area contributed by atoms with Crippen molar-refractivity contribution in [1.82, 2.24) is 0 Å². The van der Waals surface area contributed by atoms with E-state index in [1.807, 2.05) is 6.92 Å². The molecule has 0 bridgehead atoms. The van der Waals surface area contributed by atoms with Crippen LogP contribution in [0, 0.1) is 11.8 Å². The summed E-state index contributed by atoms with van der Waals surface area (Å²) < 4.78 is 0. The molecule has 0 aromatic heterocycles. The average molecular weight is 264 g/mol. The highest BCUT2D eigenvalue weighted by atomic mass is 16.3. The van der Waals surface area contributed by atoms with Crippen LogP contribution < -0.4 is 0 Å². The molecule has 2 atom stereocenters. The fourth-order valence-corrected chi connectivity index (χ4v) is 2.29. The Morgan fingerprint density at radius 2 is 1.89 bits per heavy atom. The zero-order valence-corrected chi connectivity index (χ0v) is 13.5. The van der Waals surface area contributed by atoms with E-state index in [0.717, 1.165) is 24.3 Å². The average Bonchev–Trinajstić information content (AvgIpc) is 2.27. The van der Waals surface area contributed by atoms with Gasteiger partial charge in [0.2, 0.25) is 0 Å². The third-order valence-corrected chi connectivity index (χ3v) is 3.77. The van der Waals surface area contributed by atoms with Crippen LogP contribution in [0.4, 0.5) is 0 Å². The zero-order valence-electron chi connectivity index (χ0n) is 13.5. The minimum atomic E-state index is -0.874. The SMILES string of the molecule is C=CC(C)(O)C(CC=C(C)CCCC(C)C)C(=C)C. The van der Waals surface area contributed by atoms with Crippen molar-refractivity contribution >= 4 is 0 Å². The van der Waals surface area contributed by atoms with Gasteiger partial charge in [0.05, 0.1) is 5.60 Å². The van der Waals surface area contributed by atoms with Crippen LogP contribution >= 0.6 is 0 Å². The molecule has 2 unspecified atom stereocenters. The van der Waals surface area contributed by atoms with Crippen molar-refractivity contribution in [1.29, 1.82) is 0 Å². The van der Waals surface area contributed by atoms with Crippen molar-refractivity contribution < 1.29 is 5.11 Å². The molecular formula is C18H32O. The van der Waals surface area contributed by atoms with Crippen LogP contribution in [-0.2, 0) is 0 Å². The van der Waals surface area contributed by atoms with Gasteiger partial charge in [0.25, 0.3) is 0 Å². The summed E-state index contributed by atoms with van der Waals surface area (Å²) in [4.78, 5) is 0. The topological polar surface area (TPSA) is 20.2 Å². The highest BCUT2D eigenvalue weighted by molar-refractivity contribution is 5.14. The Bertz CT molecular complexity index is 321. The molecule has 0 saturated carbocycles. The van der Waals surface area contributed by atoms with E-state index in [9.17, 15) is 5.11 Å². The molecule has 0 fully saturated rings. The van der Waals surface area contributed by atoms with Crippen LogP contribution in [0.15, 0.2) is 36.5 Å². The van der Waals surface area contributed by atoms with Crippen molar-refractivity contribution in [2.75, 3.05) is 0 Å². The van der Waals surface area contributed by atoms with Gasteiger partial charge in [-0.25, -0.2) is 0 Å². The summed E-state index contributed by atoms with van der Waals surface area (Å²) >= 11 is 0. The Kier molecular flexibility index (Phi) is 8.01. The van der Waals surface area contributed by atoms with Gasteiger partial charge in [0, 0.05) is 5.92 Å². The van der Waals surface area contributed by atoms with Gasteiger partial charge >= 0.3 is 0 Å². The highest BCUT2D eigenvalue weighted by Crippen LogP contribution is 2.29. The molecule has 1 nitrogen and oxygen atoms in total. The summed E-state index contributed by atoms with van der Waals surface area (Å²) in [5, 5.41) is 10.3. The van der Waals surface area contributed by atoms with Crippen molar-refractivity contribution in [2.45, 2.75) is 65.9 Å². The van der Waals surface area contributed by atoms with Gasteiger partial charge in [-0.05, 0) is 46.0 Å². The smallest absolute Gasteiger partial charge is 0.0864 e. The highest BCUT2D eigenvalue weighted by Gasteiger charge is 2.28. The maximum absolute atomic E-state index is 10.3. The number of hydrogen-bond acceptors (Lipinski definition) is 1. The maximum atomic E-state index is 10.3. The molecule has 0 heterocycles. The lowest BCUT2D eigenvalue weighted by Gasteiger charge is -2.30. The van der Waals surface area contributed by atoms with E-state index in [2.05, 4.69) is 40.0 Å². The molecule has 0 rings (SSSR count). The second-order valence-corrected chi connectivity index (χ2v) is 6.40. The Hall–Kier alpha value is -0.820. The monoisotopic (exact) mass is 264 g/mol. The van der Waals surface area contributed by atoms with Crippen molar-refractivity contribution in [3.05, 3.63) is 36.5 Å². The minimum Gasteiger partial charge on any atom is -0.385 e. The summed E-state index contributed by atoms with van der Waals surface area (Å²) in [6.07, 6.45) is 8.38. The van der Waals surface area contributed by atoms with Crippen LogP contribution in [-0.4, -0.2) is 10.7 Å². The zero-order chi connectivity index (χ0) is 15.1. The molecule has 0 aromatic carbocycles. The van der Waals surface area contributed by atoms with Gasteiger partial charge in [-0.3, -0.25) is 0 Å². The van der Waals surface area contributed by atoms with Crippen LogP contribution in [0.1, 0.15) is 60.3 Å². The second kappa shape index (κ2) is 8.37. The molecule has 0 aliphatic heterocycles. The van der Waals surface area contributed by atoms with E-state index < -0.39 is 5.60 Å².